The van der Waals surface area contributed by atoms with Crippen LogP contribution in [0, 0.1) is 6.92 Å². The zero-order chi connectivity index (χ0) is 11.7. The molecule has 2 aromatic rings. The Morgan fingerprint density at radius 3 is 2.19 bits per heavy atom. The van der Waals surface area contributed by atoms with Gasteiger partial charge in [-0.25, -0.2) is 0 Å². The Kier molecular flexibility index (Phi) is 3.08. The molecule has 2 aromatic carbocycles. The van der Waals surface area contributed by atoms with Gasteiger partial charge in [-0.3, -0.25) is 0 Å². The smallest absolute Gasteiger partial charge is 0.0499 e. The average molecular weight is 252 g/mol. The first-order valence-electron chi connectivity index (χ1n) is 4.90. The largest absolute Gasteiger partial charge is 0.399 e. The van der Waals surface area contributed by atoms with Crippen LogP contribution in [0.5, 0.6) is 0 Å². The molecule has 2 N–H and O–H groups in total. The molecular formula is C13H11Cl2N. The van der Waals surface area contributed by atoms with Crippen LogP contribution < -0.4 is 5.73 Å². The first kappa shape index (κ1) is 11.3. The van der Waals surface area contributed by atoms with E-state index in [1.54, 1.807) is 0 Å². The Hall–Kier alpha value is -1.18. The minimum absolute atomic E-state index is 0.650. The Morgan fingerprint density at radius 1 is 1.00 bits per heavy atom. The minimum Gasteiger partial charge on any atom is -0.399 e. The van der Waals surface area contributed by atoms with E-state index in [1.165, 1.54) is 0 Å². The number of aryl methyl sites for hydroxylation is 1. The van der Waals surface area contributed by atoms with Crippen LogP contribution in [0.4, 0.5) is 5.69 Å². The molecule has 1 nitrogen and oxygen atoms in total. The summed E-state index contributed by atoms with van der Waals surface area (Å²) in [5.41, 5.74) is 9.41. The zero-order valence-electron chi connectivity index (χ0n) is 8.80. The maximum absolute atomic E-state index is 6.14. The highest BCUT2D eigenvalue weighted by atomic mass is 35.5. The molecule has 0 aromatic heterocycles. The van der Waals surface area contributed by atoms with Gasteiger partial charge in [0.15, 0.2) is 0 Å². The fraction of sp³-hybridized carbons (Fsp3) is 0.0769. The minimum atomic E-state index is 0.650. The molecule has 0 atom stereocenters. The molecule has 0 aliphatic rings. The number of hydrogen-bond acceptors (Lipinski definition) is 1. The molecule has 3 heteroatoms. The fourth-order valence-corrected chi connectivity index (χ4v) is 2.22. The van der Waals surface area contributed by atoms with Crippen LogP contribution in [0.1, 0.15) is 5.56 Å². The van der Waals surface area contributed by atoms with Crippen molar-refractivity contribution in [3.8, 4) is 11.1 Å². The Balaban J connectivity index is 2.63. The number of nitrogen functional groups attached to an aromatic ring is 1. The van der Waals surface area contributed by atoms with Gasteiger partial charge in [0, 0.05) is 21.3 Å². The van der Waals surface area contributed by atoms with Gasteiger partial charge in [-0.2, -0.15) is 0 Å². The van der Waals surface area contributed by atoms with E-state index < -0.39 is 0 Å². The highest BCUT2D eigenvalue weighted by Gasteiger charge is 2.08. The van der Waals surface area contributed by atoms with Crippen LogP contribution in [-0.2, 0) is 0 Å². The molecular weight excluding hydrogens is 241 g/mol. The van der Waals surface area contributed by atoms with E-state index in [4.69, 9.17) is 28.9 Å². The average Bonchev–Trinajstić information content (AvgIpc) is 2.23. The van der Waals surface area contributed by atoms with Gasteiger partial charge in [0.25, 0.3) is 0 Å². The fourth-order valence-electron chi connectivity index (χ4n) is 1.60. The predicted octanol–water partition coefficient (Wildman–Crippen LogP) is 4.55. The van der Waals surface area contributed by atoms with E-state index >= 15 is 0 Å². The molecule has 0 aliphatic carbocycles. The topological polar surface area (TPSA) is 26.0 Å². The molecule has 0 aliphatic heterocycles. The summed E-state index contributed by atoms with van der Waals surface area (Å²) in [6, 6.07) is 11.3. The second-order valence-corrected chi connectivity index (χ2v) is 4.48. The van der Waals surface area contributed by atoms with Crippen molar-refractivity contribution in [2.45, 2.75) is 6.92 Å². The van der Waals surface area contributed by atoms with E-state index in [0.29, 0.717) is 10.0 Å². The lowest BCUT2D eigenvalue weighted by Gasteiger charge is -2.09. The van der Waals surface area contributed by atoms with Crippen molar-refractivity contribution in [1.82, 2.24) is 0 Å². The summed E-state index contributed by atoms with van der Waals surface area (Å²) in [4.78, 5) is 0. The highest BCUT2D eigenvalue weighted by molar-refractivity contribution is 6.39. The lowest BCUT2D eigenvalue weighted by molar-refractivity contribution is 1.46. The van der Waals surface area contributed by atoms with Crippen LogP contribution in [0.2, 0.25) is 10.0 Å². The lowest BCUT2D eigenvalue weighted by atomic mass is 10.0. The molecule has 16 heavy (non-hydrogen) atoms. The first-order chi connectivity index (χ1) is 7.59. The summed E-state index contributed by atoms with van der Waals surface area (Å²) in [6.07, 6.45) is 0. The van der Waals surface area contributed by atoms with Gasteiger partial charge >= 0.3 is 0 Å². The predicted molar refractivity (Wildman–Crippen MR) is 71.0 cm³/mol. The number of benzene rings is 2. The van der Waals surface area contributed by atoms with Crippen molar-refractivity contribution < 1.29 is 0 Å². The molecule has 2 rings (SSSR count). The van der Waals surface area contributed by atoms with Crippen LogP contribution >= 0.6 is 23.2 Å². The van der Waals surface area contributed by atoms with Gasteiger partial charge in [-0.05, 0) is 42.3 Å². The normalized spacial score (nSPS) is 10.4. The summed E-state index contributed by atoms with van der Waals surface area (Å²) < 4.78 is 0. The molecule has 0 unspecified atom stereocenters. The van der Waals surface area contributed by atoms with Crippen LogP contribution in [-0.4, -0.2) is 0 Å². The summed E-state index contributed by atoms with van der Waals surface area (Å²) in [5, 5.41) is 1.30. The van der Waals surface area contributed by atoms with E-state index in [-0.39, 0.29) is 0 Å². The molecule has 0 bridgehead atoms. The molecule has 82 valence electrons. The summed E-state index contributed by atoms with van der Waals surface area (Å²) >= 11 is 12.3. The van der Waals surface area contributed by atoms with Gasteiger partial charge in [0.2, 0.25) is 0 Å². The van der Waals surface area contributed by atoms with E-state index in [2.05, 4.69) is 0 Å². The molecule has 0 spiro atoms. The molecule has 0 amide bonds. The molecule has 0 saturated carbocycles. The lowest BCUT2D eigenvalue weighted by Crippen LogP contribution is -1.90. The van der Waals surface area contributed by atoms with E-state index in [9.17, 15) is 0 Å². The van der Waals surface area contributed by atoms with Gasteiger partial charge in [0.1, 0.15) is 0 Å². The van der Waals surface area contributed by atoms with Crippen molar-refractivity contribution in [1.29, 1.82) is 0 Å². The third-order valence-electron chi connectivity index (χ3n) is 2.52. The van der Waals surface area contributed by atoms with Crippen molar-refractivity contribution >= 4 is 28.9 Å². The van der Waals surface area contributed by atoms with Crippen molar-refractivity contribution in [3.05, 3.63) is 52.0 Å². The van der Waals surface area contributed by atoms with E-state index in [0.717, 1.165) is 22.4 Å². The SMILES string of the molecule is Cc1cc(-c2c(Cl)cccc2Cl)ccc1N. The Labute approximate surface area is 105 Å². The number of rotatable bonds is 1. The molecule has 0 fully saturated rings. The standard InChI is InChI=1S/C13H11Cl2N/c1-8-7-9(5-6-12(8)16)13-10(14)3-2-4-11(13)15/h2-7H,16H2,1H3. The van der Waals surface area contributed by atoms with Gasteiger partial charge in [0.05, 0.1) is 0 Å². The van der Waals surface area contributed by atoms with Crippen molar-refractivity contribution in [2.24, 2.45) is 0 Å². The third kappa shape index (κ3) is 2.01. The monoisotopic (exact) mass is 251 g/mol. The Morgan fingerprint density at radius 2 is 1.62 bits per heavy atom. The number of anilines is 1. The summed E-state index contributed by atoms with van der Waals surface area (Å²) in [5.74, 6) is 0. The zero-order valence-corrected chi connectivity index (χ0v) is 10.3. The number of hydrogen-bond donors (Lipinski definition) is 1. The van der Waals surface area contributed by atoms with Gasteiger partial charge in [-0.1, -0.05) is 35.3 Å². The second kappa shape index (κ2) is 4.36. The van der Waals surface area contributed by atoms with E-state index in [1.807, 2.05) is 43.3 Å². The van der Waals surface area contributed by atoms with Gasteiger partial charge in [-0.15, -0.1) is 0 Å². The number of nitrogens with two attached hydrogens (primary N) is 1. The van der Waals surface area contributed by atoms with Crippen LogP contribution in [0.25, 0.3) is 11.1 Å². The maximum Gasteiger partial charge on any atom is 0.0499 e. The van der Waals surface area contributed by atoms with Gasteiger partial charge < -0.3 is 5.73 Å². The first-order valence-corrected chi connectivity index (χ1v) is 5.65. The molecule has 0 heterocycles. The van der Waals surface area contributed by atoms with Crippen LogP contribution in [0.3, 0.4) is 0 Å². The third-order valence-corrected chi connectivity index (χ3v) is 3.15. The van der Waals surface area contributed by atoms with Crippen molar-refractivity contribution in [2.75, 3.05) is 5.73 Å². The van der Waals surface area contributed by atoms with Crippen LogP contribution in [0.15, 0.2) is 36.4 Å². The molecule has 0 saturated heterocycles. The summed E-state index contributed by atoms with van der Waals surface area (Å²) in [7, 11) is 0. The highest BCUT2D eigenvalue weighted by Crippen LogP contribution is 2.35. The second-order valence-electron chi connectivity index (χ2n) is 3.67. The van der Waals surface area contributed by atoms with Crippen molar-refractivity contribution in [3.63, 3.8) is 0 Å². The maximum atomic E-state index is 6.14. The number of halogens is 2. The summed E-state index contributed by atoms with van der Waals surface area (Å²) in [6.45, 7) is 1.96. The molecule has 0 radical (unpaired) electrons. The Bertz CT molecular complexity index is 515. The quantitative estimate of drug-likeness (QED) is 0.740.